The van der Waals surface area contributed by atoms with Crippen molar-refractivity contribution in [2.45, 2.75) is 71.3 Å². The summed E-state index contributed by atoms with van der Waals surface area (Å²) >= 11 is 0. The van der Waals surface area contributed by atoms with E-state index in [4.69, 9.17) is 9.47 Å². The number of hydrogen-bond donors (Lipinski definition) is 0. The summed E-state index contributed by atoms with van der Waals surface area (Å²) in [4.78, 5) is 0. The first-order valence-corrected chi connectivity index (χ1v) is 8.49. The monoisotopic (exact) mass is 268 g/mol. The normalized spacial score (nSPS) is 36.3. The van der Waals surface area contributed by atoms with Gasteiger partial charge in [-0.1, -0.05) is 19.8 Å². The molecular weight excluding hydrogens is 236 g/mol. The van der Waals surface area contributed by atoms with Crippen LogP contribution in [0.4, 0.5) is 0 Å². The van der Waals surface area contributed by atoms with E-state index in [0.29, 0.717) is 6.10 Å². The molecule has 2 fully saturated rings. The smallest absolute Gasteiger partial charge is 0.0704 e. The molecule has 0 unspecified atom stereocenters. The van der Waals surface area contributed by atoms with Gasteiger partial charge in [0.15, 0.2) is 0 Å². The zero-order valence-corrected chi connectivity index (χ0v) is 12.9. The van der Waals surface area contributed by atoms with Gasteiger partial charge >= 0.3 is 0 Å². The molecule has 0 saturated heterocycles. The van der Waals surface area contributed by atoms with Crippen molar-refractivity contribution in [1.29, 1.82) is 0 Å². The summed E-state index contributed by atoms with van der Waals surface area (Å²) in [5, 5.41) is 0. The van der Waals surface area contributed by atoms with Crippen molar-refractivity contribution in [2.75, 3.05) is 19.8 Å². The lowest BCUT2D eigenvalue weighted by Gasteiger charge is -2.37. The molecule has 0 spiro atoms. The van der Waals surface area contributed by atoms with Crippen molar-refractivity contribution in [3.8, 4) is 0 Å². The van der Waals surface area contributed by atoms with Crippen molar-refractivity contribution in [2.24, 2.45) is 17.8 Å². The molecule has 0 bridgehead atoms. The van der Waals surface area contributed by atoms with Crippen LogP contribution in [-0.4, -0.2) is 25.9 Å². The molecular formula is C17H32O2. The largest absolute Gasteiger partial charge is 0.379 e. The van der Waals surface area contributed by atoms with Gasteiger partial charge in [-0.3, -0.25) is 0 Å². The Balaban J connectivity index is 1.59. The topological polar surface area (TPSA) is 18.5 Å². The Morgan fingerprint density at radius 2 is 1.37 bits per heavy atom. The van der Waals surface area contributed by atoms with Crippen LogP contribution in [-0.2, 0) is 9.47 Å². The SMILES string of the molecule is CCOCCOC1CCC(C2CCC(C)CC2)CC1. The van der Waals surface area contributed by atoms with E-state index in [2.05, 4.69) is 6.92 Å². The molecule has 0 atom stereocenters. The zero-order valence-electron chi connectivity index (χ0n) is 12.9. The standard InChI is InChI=1S/C17H32O2/c1-3-18-12-13-19-17-10-8-16(9-11-17)15-6-4-14(2)5-7-15/h14-17H,3-13H2,1-2H3. The third-order valence-electron chi connectivity index (χ3n) is 5.23. The fourth-order valence-corrected chi connectivity index (χ4v) is 3.90. The van der Waals surface area contributed by atoms with Crippen LogP contribution in [0.5, 0.6) is 0 Å². The van der Waals surface area contributed by atoms with Gasteiger partial charge in [-0.15, -0.1) is 0 Å². The second-order valence-corrected chi connectivity index (χ2v) is 6.62. The maximum Gasteiger partial charge on any atom is 0.0704 e. The highest BCUT2D eigenvalue weighted by Gasteiger charge is 2.30. The van der Waals surface area contributed by atoms with Crippen LogP contribution in [0.25, 0.3) is 0 Å². The van der Waals surface area contributed by atoms with Crippen LogP contribution in [0.2, 0.25) is 0 Å². The number of hydrogen-bond acceptors (Lipinski definition) is 2. The van der Waals surface area contributed by atoms with Crippen LogP contribution >= 0.6 is 0 Å². The summed E-state index contributed by atoms with van der Waals surface area (Å²) < 4.78 is 11.2. The fraction of sp³-hybridized carbons (Fsp3) is 1.00. The Kier molecular flexibility index (Phi) is 6.66. The zero-order chi connectivity index (χ0) is 13.5. The van der Waals surface area contributed by atoms with Crippen molar-refractivity contribution in [3.63, 3.8) is 0 Å². The second-order valence-electron chi connectivity index (χ2n) is 6.62. The average molecular weight is 268 g/mol. The molecule has 2 aliphatic rings. The van der Waals surface area contributed by atoms with Crippen LogP contribution in [0.3, 0.4) is 0 Å². The minimum Gasteiger partial charge on any atom is -0.379 e. The van der Waals surface area contributed by atoms with E-state index in [1.807, 2.05) is 6.92 Å². The van der Waals surface area contributed by atoms with Gasteiger partial charge in [-0.25, -0.2) is 0 Å². The summed E-state index contributed by atoms with van der Waals surface area (Å²) in [6.45, 7) is 6.80. The highest BCUT2D eigenvalue weighted by Crippen LogP contribution is 2.40. The van der Waals surface area contributed by atoms with Crippen LogP contribution in [0.15, 0.2) is 0 Å². The van der Waals surface area contributed by atoms with E-state index in [1.54, 1.807) is 0 Å². The fourth-order valence-electron chi connectivity index (χ4n) is 3.90. The first-order chi connectivity index (χ1) is 9.29. The minimum absolute atomic E-state index is 0.513. The van der Waals surface area contributed by atoms with Crippen LogP contribution < -0.4 is 0 Å². The lowest BCUT2D eigenvalue weighted by atomic mass is 9.71. The highest BCUT2D eigenvalue weighted by atomic mass is 16.5. The number of rotatable bonds is 6. The van der Waals surface area contributed by atoms with Gasteiger partial charge in [0.05, 0.1) is 19.3 Å². The van der Waals surface area contributed by atoms with Crippen molar-refractivity contribution < 1.29 is 9.47 Å². The lowest BCUT2D eigenvalue weighted by Crippen LogP contribution is -2.28. The Bertz CT molecular complexity index is 225. The Hall–Kier alpha value is -0.0800. The van der Waals surface area contributed by atoms with Gasteiger partial charge in [0, 0.05) is 6.61 Å². The van der Waals surface area contributed by atoms with E-state index in [-0.39, 0.29) is 0 Å². The van der Waals surface area contributed by atoms with E-state index in [9.17, 15) is 0 Å². The van der Waals surface area contributed by atoms with E-state index in [1.165, 1.54) is 51.4 Å². The molecule has 0 radical (unpaired) electrons. The quantitative estimate of drug-likeness (QED) is 0.664. The van der Waals surface area contributed by atoms with Crippen LogP contribution in [0.1, 0.15) is 65.2 Å². The van der Waals surface area contributed by atoms with Gasteiger partial charge < -0.3 is 9.47 Å². The van der Waals surface area contributed by atoms with Crippen molar-refractivity contribution in [3.05, 3.63) is 0 Å². The van der Waals surface area contributed by atoms with E-state index in [0.717, 1.165) is 37.6 Å². The average Bonchev–Trinajstić information content (AvgIpc) is 2.45. The third-order valence-corrected chi connectivity index (χ3v) is 5.23. The molecule has 0 aliphatic heterocycles. The summed E-state index contributed by atoms with van der Waals surface area (Å²) in [5.74, 6) is 3.01. The molecule has 0 aromatic carbocycles. The van der Waals surface area contributed by atoms with Gasteiger partial charge in [-0.2, -0.15) is 0 Å². The van der Waals surface area contributed by atoms with E-state index >= 15 is 0 Å². The molecule has 0 N–H and O–H groups in total. The summed E-state index contributed by atoms with van der Waals surface area (Å²) in [6.07, 6.45) is 11.8. The summed E-state index contributed by atoms with van der Waals surface area (Å²) in [5.41, 5.74) is 0. The lowest BCUT2D eigenvalue weighted by molar-refractivity contribution is -0.0206. The molecule has 112 valence electrons. The Morgan fingerprint density at radius 3 is 1.95 bits per heavy atom. The summed E-state index contributed by atoms with van der Waals surface area (Å²) in [7, 11) is 0. The van der Waals surface area contributed by atoms with Crippen molar-refractivity contribution >= 4 is 0 Å². The Labute approximate surface area is 119 Å². The van der Waals surface area contributed by atoms with E-state index < -0.39 is 0 Å². The Morgan fingerprint density at radius 1 is 0.789 bits per heavy atom. The molecule has 2 aliphatic carbocycles. The second kappa shape index (κ2) is 8.26. The molecule has 2 nitrogen and oxygen atoms in total. The van der Waals surface area contributed by atoms with Gasteiger partial charge in [0.1, 0.15) is 0 Å². The maximum absolute atomic E-state index is 5.91. The predicted molar refractivity (Wildman–Crippen MR) is 79.3 cm³/mol. The molecule has 0 aromatic rings. The van der Waals surface area contributed by atoms with Gasteiger partial charge in [0.2, 0.25) is 0 Å². The van der Waals surface area contributed by atoms with Crippen molar-refractivity contribution in [1.82, 2.24) is 0 Å². The predicted octanol–water partition coefficient (Wildman–Crippen LogP) is 4.42. The molecule has 0 amide bonds. The molecule has 19 heavy (non-hydrogen) atoms. The molecule has 2 saturated carbocycles. The first kappa shape index (κ1) is 15.3. The third kappa shape index (κ3) is 5.07. The first-order valence-electron chi connectivity index (χ1n) is 8.49. The van der Waals surface area contributed by atoms with Gasteiger partial charge in [0.25, 0.3) is 0 Å². The molecule has 2 heteroatoms. The van der Waals surface area contributed by atoms with Crippen LogP contribution in [0, 0.1) is 17.8 Å². The highest BCUT2D eigenvalue weighted by molar-refractivity contribution is 4.81. The van der Waals surface area contributed by atoms with Gasteiger partial charge in [-0.05, 0) is 63.2 Å². The number of ether oxygens (including phenoxy) is 2. The minimum atomic E-state index is 0.513. The summed E-state index contributed by atoms with van der Waals surface area (Å²) in [6, 6.07) is 0. The molecule has 0 aromatic heterocycles. The molecule has 2 rings (SSSR count). The molecule has 0 heterocycles. The maximum atomic E-state index is 5.91.